The third-order valence-corrected chi connectivity index (χ3v) is 2.49. The van der Waals surface area contributed by atoms with E-state index in [2.05, 4.69) is 0 Å². The average Bonchev–Trinajstić information content (AvgIpc) is 2.15. The van der Waals surface area contributed by atoms with Crippen molar-refractivity contribution < 1.29 is 14.6 Å². The Morgan fingerprint density at radius 2 is 2.46 bits per heavy atom. The van der Waals surface area contributed by atoms with Gasteiger partial charge < -0.3 is 14.6 Å². The average molecular weight is 186 g/mol. The van der Waals surface area contributed by atoms with Crippen molar-refractivity contribution in [1.29, 1.82) is 0 Å². The van der Waals surface area contributed by atoms with E-state index in [4.69, 9.17) is 14.6 Å². The molecule has 1 saturated heterocycles. The first kappa shape index (κ1) is 10.7. The Bertz CT molecular complexity index is 179. The highest BCUT2D eigenvalue weighted by atomic mass is 16.5. The van der Waals surface area contributed by atoms with Crippen molar-refractivity contribution in [2.75, 3.05) is 20.3 Å². The second-order valence-electron chi connectivity index (χ2n) is 3.49. The van der Waals surface area contributed by atoms with Gasteiger partial charge in [0.15, 0.2) is 0 Å². The Balaban J connectivity index is 2.61. The molecule has 0 aromatic carbocycles. The number of methoxy groups -OCH3 is 1. The summed E-state index contributed by atoms with van der Waals surface area (Å²) in [4.78, 5) is 0. The maximum Gasteiger partial charge on any atom is 0.0906 e. The molecule has 0 saturated carbocycles. The van der Waals surface area contributed by atoms with Crippen LogP contribution in [0, 0.1) is 0 Å². The van der Waals surface area contributed by atoms with Gasteiger partial charge in [-0.1, -0.05) is 12.2 Å². The highest BCUT2D eigenvalue weighted by Crippen LogP contribution is 2.29. The molecule has 1 aliphatic heterocycles. The molecule has 0 spiro atoms. The Morgan fingerprint density at radius 3 is 3.00 bits per heavy atom. The number of ether oxygens (including phenoxy) is 2. The lowest BCUT2D eigenvalue weighted by atomic mass is 9.90. The molecule has 0 aromatic heterocycles. The lowest BCUT2D eigenvalue weighted by Gasteiger charge is -2.36. The fourth-order valence-corrected chi connectivity index (χ4v) is 1.75. The summed E-state index contributed by atoms with van der Waals surface area (Å²) in [6, 6.07) is 0. The Kier molecular flexibility index (Phi) is 3.90. The van der Waals surface area contributed by atoms with Gasteiger partial charge in [-0.15, -0.1) is 0 Å². The first-order chi connectivity index (χ1) is 6.22. The summed E-state index contributed by atoms with van der Waals surface area (Å²) >= 11 is 0. The number of hydrogen-bond acceptors (Lipinski definition) is 3. The van der Waals surface area contributed by atoms with Gasteiger partial charge in [-0.05, 0) is 6.92 Å². The molecule has 1 N–H and O–H groups in total. The van der Waals surface area contributed by atoms with E-state index < -0.39 is 0 Å². The number of hydrogen-bond donors (Lipinski definition) is 1. The Morgan fingerprint density at radius 1 is 1.69 bits per heavy atom. The van der Waals surface area contributed by atoms with E-state index >= 15 is 0 Å². The quantitative estimate of drug-likeness (QED) is 0.671. The third kappa shape index (κ3) is 2.79. The van der Waals surface area contributed by atoms with E-state index in [1.54, 1.807) is 13.2 Å². The minimum absolute atomic E-state index is 0.0698. The van der Waals surface area contributed by atoms with Crippen molar-refractivity contribution in [3.63, 3.8) is 0 Å². The van der Waals surface area contributed by atoms with E-state index in [9.17, 15) is 0 Å². The molecule has 13 heavy (non-hydrogen) atoms. The van der Waals surface area contributed by atoms with Crippen molar-refractivity contribution in [2.24, 2.45) is 0 Å². The Hall–Kier alpha value is -0.380. The molecule has 0 radical (unpaired) electrons. The van der Waals surface area contributed by atoms with Crippen LogP contribution in [0.2, 0.25) is 0 Å². The van der Waals surface area contributed by atoms with Crippen LogP contribution >= 0.6 is 0 Å². The highest BCUT2D eigenvalue weighted by Gasteiger charge is 2.32. The molecule has 1 aliphatic rings. The second-order valence-corrected chi connectivity index (χ2v) is 3.49. The van der Waals surface area contributed by atoms with Crippen LogP contribution in [0.1, 0.15) is 19.8 Å². The molecule has 76 valence electrons. The fraction of sp³-hybridized carbons (Fsp3) is 0.800. The van der Waals surface area contributed by atoms with Gasteiger partial charge in [0.25, 0.3) is 0 Å². The van der Waals surface area contributed by atoms with E-state index in [1.807, 2.05) is 13.0 Å². The molecule has 0 amide bonds. The molecule has 0 bridgehead atoms. The normalized spacial score (nSPS) is 35.5. The summed E-state index contributed by atoms with van der Waals surface area (Å²) in [5.74, 6) is 0. The van der Waals surface area contributed by atoms with Crippen LogP contribution in [0.4, 0.5) is 0 Å². The fourth-order valence-electron chi connectivity index (χ4n) is 1.75. The Labute approximate surface area is 79.3 Å². The summed E-state index contributed by atoms with van der Waals surface area (Å²) in [5, 5.41) is 8.70. The molecule has 1 heterocycles. The van der Waals surface area contributed by atoms with Gasteiger partial charge in [0.1, 0.15) is 0 Å². The van der Waals surface area contributed by atoms with Crippen LogP contribution in [0.15, 0.2) is 12.2 Å². The zero-order valence-corrected chi connectivity index (χ0v) is 8.32. The smallest absolute Gasteiger partial charge is 0.0906 e. The largest absolute Gasteiger partial charge is 0.392 e. The zero-order valence-electron chi connectivity index (χ0n) is 8.32. The van der Waals surface area contributed by atoms with E-state index in [0.717, 1.165) is 19.4 Å². The lowest BCUT2D eigenvalue weighted by Crippen LogP contribution is -2.39. The van der Waals surface area contributed by atoms with E-state index in [-0.39, 0.29) is 18.3 Å². The molecule has 3 heteroatoms. The standard InChI is InChI=1S/C10H18O3/c1-9-8-10(12-2,4-3-6-11)5-7-13-9/h3-4,9,11H,5-8H2,1-2H3. The zero-order chi connectivity index (χ0) is 9.73. The van der Waals surface area contributed by atoms with Crippen molar-refractivity contribution in [3.05, 3.63) is 12.2 Å². The molecule has 2 atom stereocenters. The van der Waals surface area contributed by atoms with Crippen LogP contribution in [-0.4, -0.2) is 37.1 Å². The van der Waals surface area contributed by atoms with Gasteiger partial charge in [0.2, 0.25) is 0 Å². The van der Waals surface area contributed by atoms with Crippen molar-refractivity contribution in [1.82, 2.24) is 0 Å². The van der Waals surface area contributed by atoms with Crippen molar-refractivity contribution >= 4 is 0 Å². The molecule has 0 aliphatic carbocycles. The SMILES string of the molecule is COC1(C=CCO)CCOC(C)C1. The summed E-state index contributed by atoms with van der Waals surface area (Å²) in [6.07, 6.45) is 5.65. The van der Waals surface area contributed by atoms with Gasteiger partial charge in [-0.3, -0.25) is 0 Å². The third-order valence-electron chi connectivity index (χ3n) is 2.49. The maximum absolute atomic E-state index is 8.70. The molecule has 1 fully saturated rings. The molecule has 2 unspecified atom stereocenters. The minimum Gasteiger partial charge on any atom is -0.392 e. The summed E-state index contributed by atoms with van der Waals surface area (Å²) in [5.41, 5.74) is -0.222. The summed E-state index contributed by atoms with van der Waals surface area (Å²) in [6.45, 7) is 2.84. The maximum atomic E-state index is 8.70. The van der Waals surface area contributed by atoms with Gasteiger partial charge >= 0.3 is 0 Å². The molecular formula is C10H18O3. The first-order valence-corrected chi connectivity index (χ1v) is 4.68. The number of aliphatic hydroxyl groups excluding tert-OH is 1. The molecular weight excluding hydrogens is 168 g/mol. The van der Waals surface area contributed by atoms with Crippen molar-refractivity contribution in [2.45, 2.75) is 31.5 Å². The van der Waals surface area contributed by atoms with Crippen LogP contribution in [0.5, 0.6) is 0 Å². The molecule has 0 aromatic rings. The van der Waals surface area contributed by atoms with Crippen molar-refractivity contribution in [3.8, 4) is 0 Å². The topological polar surface area (TPSA) is 38.7 Å². The van der Waals surface area contributed by atoms with Gasteiger partial charge in [-0.2, -0.15) is 0 Å². The first-order valence-electron chi connectivity index (χ1n) is 4.68. The van der Waals surface area contributed by atoms with E-state index in [0.29, 0.717) is 0 Å². The van der Waals surface area contributed by atoms with Crippen LogP contribution in [0.3, 0.4) is 0 Å². The molecule has 3 nitrogen and oxygen atoms in total. The van der Waals surface area contributed by atoms with Gasteiger partial charge in [0.05, 0.1) is 18.3 Å². The monoisotopic (exact) mass is 186 g/mol. The lowest BCUT2D eigenvalue weighted by molar-refractivity contribution is -0.0909. The summed E-state index contributed by atoms with van der Waals surface area (Å²) < 4.78 is 10.9. The van der Waals surface area contributed by atoms with Crippen LogP contribution < -0.4 is 0 Å². The number of rotatable bonds is 3. The van der Waals surface area contributed by atoms with Gasteiger partial charge in [-0.25, -0.2) is 0 Å². The minimum atomic E-state index is -0.222. The number of aliphatic hydroxyl groups is 1. The summed E-state index contributed by atoms with van der Waals surface area (Å²) in [7, 11) is 1.71. The molecule has 1 rings (SSSR count). The highest BCUT2D eigenvalue weighted by molar-refractivity contribution is 5.04. The predicted molar refractivity (Wildman–Crippen MR) is 50.6 cm³/mol. The van der Waals surface area contributed by atoms with Gasteiger partial charge in [0, 0.05) is 26.6 Å². The van der Waals surface area contributed by atoms with E-state index in [1.165, 1.54) is 0 Å². The van der Waals surface area contributed by atoms with Crippen LogP contribution in [-0.2, 0) is 9.47 Å². The predicted octanol–water partition coefficient (Wildman–Crippen LogP) is 1.12. The van der Waals surface area contributed by atoms with Crippen LogP contribution in [0.25, 0.3) is 0 Å². The second kappa shape index (κ2) is 4.74.